The van der Waals surface area contributed by atoms with E-state index in [1.54, 1.807) is 24.3 Å². The molecule has 0 spiro atoms. The van der Waals surface area contributed by atoms with Crippen molar-refractivity contribution in [2.24, 2.45) is 5.92 Å². The van der Waals surface area contributed by atoms with Crippen LogP contribution in [0.3, 0.4) is 0 Å². The predicted molar refractivity (Wildman–Crippen MR) is 57.3 cm³/mol. The van der Waals surface area contributed by atoms with E-state index in [1.165, 1.54) is 0 Å². The Balaban J connectivity index is 2.27. The molecule has 0 amide bonds. The normalized spacial score (nSPS) is 25.2. The molecular weight excluding hydrogens is 212 g/mol. The van der Waals surface area contributed by atoms with Crippen LogP contribution in [0.5, 0.6) is 0 Å². The molecule has 1 aliphatic rings. The highest BCUT2D eigenvalue weighted by molar-refractivity contribution is 7.92. The van der Waals surface area contributed by atoms with E-state index in [0.717, 1.165) is 5.56 Å². The highest BCUT2D eigenvalue weighted by Gasteiger charge is 2.47. The minimum atomic E-state index is -3.20. The summed E-state index contributed by atoms with van der Waals surface area (Å²) in [7, 11) is -3.20. The van der Waals surface area contributed by atoms with Gasteiger partial charge in [0.2, 0.25) is 0 Å². The van der Waals surface area contributed by atoms with Crippen molar-refractivity contribution in [3.63, 3.8) is 0 Å². The SMILES string of the molecule is Cc1ccc(S(=O)(=O)[C@@H]2C[C@H]2CO)cc1. The van der Waals surface area contributed by atoms with Gasteiger partial charge in [-0.05, 0) is 25.5 Å². The second kappa shape index (κ2) is 3.61. The van der Waals surface area contributed by atoms with Gasteiger partial charge in [0.25, 0.3) is 0 Å². The van der Waals surface area contributed by atoms with Crippen molar-refractivity contribution < 1.29 is 13.5 Å². The fraction of sp³-hybridized carbons (Fsp3) is 0.455. The van der Waals surface area contributed by atoms with Crippen LogP contribution in [0.4, 0.5) is 0 Å². The van der Waals surface area contributed by atoms with Gasteiger partial charge in [0.05, 0.1) is 10.1 Å². The lowest BCUT2D eigenvalue weighted by Crippen LogP contribution is -2.10. The molecule has 0 aliphatic heterocycles. The van der Waals surface area contributed by atoms with Gasteiger partial charge in [-0.15, -0.1) is 0 Å². The Hall–Kier alpha value is -0.870. The third kappa shape index (κ3) is 1.92. The van der Waals surface area contributed by atoms with E-state index in [-0.39, 0.29) is 17.8 Å². The lowest BCUT2D eigenvalue weighted by atomic mass is 10.2. The van der Waals surface area contributed by atoms with Gasteiger partial charge in [-0.1, -0.05) is 17.7 Å². The number of sulfone groups is 1. The molecule has 82 valence electrons. The highest BCUT2D eigenvalue weighted by atomic mass is 32.2. The standard InChI is InChI=1S/C11H14O3S/c1-8-2-4-10(5-3-8)15(13,14)11-6-9(11)7-12/h2-5,9,11-12H,6-7H2,1H3/t9-,11+/m0/s1. The van der Waals surface area contributed by atoms with E-state index in [9.17, 15) is 8.42 Å². The summed E-state index contributed by atoms with van der Waals surface area (Å²) < 4.78 is 23.9. The van der Waals surface area contributed by atoms with Gasteiger partial charge in [-0.25, -0.2) is 8.42 Å². The first-order chi connectivity index (χ1) is 7.05. The summed E-state index contributed by atoms with van der Waals surface area (Å²) in [4.78, 5) is 0.369. The van der Waals surface area contributed by atoms with Crippen molar-refractivity contribution in [1.82, 2.24) is 0 Å². The summed E-state index contributed by atoms with van der Waals surface area (Å²) in [6.45, 7) is 1.89. The molecule has 1 aliphatic carbocycles. The number of benzene rings is 1. The Morgan fingerprint density at radius 2 is 1.93 bits per heavy atom. The summed E-state index contributed by atoms with van der Waals surface area (Å²) in [6, 6.07) is 6.86. The van der Waals surface area contributed by atoms with Gasteiger partial charge in [0.15, 0.2) is 9.84 Å². The monoisotopic (exact) mass is 226 g/mol. The second-order valence-electron chi connectivity index (χ2n) is 4.07. The van der Waals surface area contributed by atoms with E-state index in [2.05, 4.69) is 0 Å². The van der Waals surface area contributed by atoms with Crippen LogP contribution in [0.25, 0.3) is 0 Å². The summed E-state index contributed by atoms with van der Waals surface area (Å²) >= 11 is 0. The first kappa shape index (κ1) is 10.6. The van der Waals surface area contributed by atoms with Gasteiger partial charge in [0.1, 0.15) is 0 Å². The highest BCUT2D eigenvalue weighted by Crippen LogP contribution is 2.39. The van der Waals surface area contributed by atoms with Crippen LogP contribution in [0.1, 0.15) is 12.0 Å². The molecule has 0 bridgehead atoms. The van der Waals surface area contributed by atoms with Crippen LogP contribution >= 0.6 is 0 Å². The summed E-state index contributed by atoms with van der Waals surface area (Å²) in [5.41, 5.74) is 1.04. The molecule has 0 saturated heterocycles. The maximum atomic E-state index is 12.0. The molecule has 4 heteroatoms. The second-order valence-corrected chi connectivity index (χ2v) is 6.24. The van der Waals surface area contributed by atoms with Crippen molar-refractivity contribution in [2.75, 3.05) is 6.61 Å². The number of aliphatic hydroxyl groups excluding tert-OH is 1. The zero-order valence-corrected chi connectivity index (χ0v) is 9.37. The molecule has 0 radical (unpaired) electrons. The molecular formula is C11H14O3S. The number of hydrogen-bond donors (Lipinski definition) is 1. The molecule has 0 aromatic heterocycles. The third-order valence-electron chi connectivity index (χ3n) is 2.84. The van der Waals surface area contributed by atoms with E-state index < -0.39 is 9.84 Å². The number of aryl methyl sites for hydroxylation is 1. The molecule has 1 N–H and O–H groups in total. The topological polar surface area (TPSA) is 54.4 Å². The smallest absolute Gasteiger partial charge is 0.181 e. The van der Waals surface area contributed by atoms with Gasteiger partial charge >= 0.3 is 0 Å². The Morgan fingerprint density at radius 3 is 2.40 bits per heavy atom. The molecule has 1 fully saturated rings. The largest absolute Gasteiger partial charge is 0.396 e. The predicted octanol–water partition coefficient (Wildman–Crippen LogP) is 1.15. The quantitative estimate of drug-likeness (QED) is 0.841. The maximum Gasteiger partial charge on any atom is 0.181 e. The van der Waals surface area contributed by atoms with Crippen LogP contribution in [-0.2, 0) is 9.84 Å². The van der Waals surface area contributed by atoms with Crippen LogP contribution < -0.4 is 0 Å². The van der Waals surface area contributed by atoms with Crippen molar-refractivity contribution in [1.29, 1.82) is 0 Å². The van der Waals surface area contributed by atoms with Crippen molar-refractivity contribution in [3.05, 3.63) is 29.8 Å². The van der Waals surface area contributed by atoms with Gasteiger partial charge in [0, 0.05) is 12.5 Å². The van der Waals surface area contributed by atoms with Crippen molar-refractivity contribution >= 4 is 9.84 Å². The van der Waals surface area contributed by atoms with E-state index in [1.807, 2.05) is 6.92 Å². The van der Waals surface area contributed by atoms with Gasteiger partial charge in [-0.3, -0.25) is 0 Å². The van der Waals surface area contributed by atoms with E-state index in [0.29, 0.717) is 11.3 Å². The van der Waals surface area contributed by atoms with Crippen LogP contribution in [0.15, 0.2) is 29.2 Å². The molecule has 15 heavy (non-hydrogen) atoms. The number of hydrogen-bond acceptors (Lipinski definition) is 3. The Labute approximate surface area is 89.7 Å². The molecule has 1 aromatic rings. The van der Waals surface area contributed by atoms with E-state index in [4.69, 9.17) is 5.11 Å². The Kier molecular flexibility index (Phi) is 2.56. The zero-order chi connectivity index (χ0) is 11.1. The summed E-state index contributed by atoms with van der Waals surface area (Å²) in [5.74, 6) is -0.0590. The molecule has 3 nitrogen and oxygen atoms in total. The maximum absolute atomic E-state index is 12.0. The van der Waals surface area contributed by atoms with Crippen molar-refractivity contribution in [3.8, 4) is 0 Å². The number of aliphatic hydroxyl groups is 1. The summed E-state index contributed by atoms with van der Waals surface area (Å²) in [5, 5.41) is 8.50. The van der Waals surface area contributed by atoms with E-state index >= 15 is 0 Å². The molecule has 0 unspecified atom stereocenters. The van der Waals surface area contributed by atoms with Gasteiger partial charge < -0.3 is 5.11 Å². The third-order valence-corrected chi connectivity index (χ3v) is 5.14. The zero-order valence-electron chi connectivity index (χ0n) is 8.55. The van der Waals surface area contributed by atoms with Crippen LogP contribution in [0, 0.1) is 12.8 Å². The van der Waals surface area contributed by atoms with Crippen LogP contribution in [-0.4, -0.2) is 25.4 Å². The molecule has 0 heterocycles. The van der Waals surface area contributed by atoms with Crippen molar-refractivity contribution in [2.45, 2.75) is 23.5 Å². The average Bonchev–Trinajstić information content (AvgIpc) is 2.98. The summed E-state index contributed by atoms with van der Waals surface area (Å²) in [6.07, 6.45) is 0.590. The Morgan fingerprint density at radius 1 is 1.33 bits per heavy atom. The molecule has 2 atom stereocenters. The average molecular weight is 226 g/mol. The molecule has 2 rings (SSSR count). The first-order valence-electron chi connectivity index (χ1n) is 4.97. The first-order valence-corrected chi connectivity index (χ1v) is 6.52. The lowest BCUT2D eigenvalue weighted by Gasteiger charge is -2.03. The lowest BCUT2D eigenvalue weighted by molar-refractivity contribution is 0.277. The fourth-order valence-corrected chi connectivity index (χ4v) is 3.65. The number of rotatable bonds is 3. The van der Waals surface area contributed by atoms with Gasteiger partial charge in [-0.2, -0.15) is 0 Å². The fourth-order valence-electron chi connectivity index (χ4n) is 1.69. The minimum Gasteiger partial charge on any atom is -0.396 e. The Bertz CT molecular complexity index is 447. The molecule has 1 saturated carbocycles. The minimum absolute atomic E-state index is 0.0320. The molecule has 1 aromatic carbocycles. The van der Waals surface area contributed by atoms with Crippen LogP contribution in [0.2, 0.25) is 0 Å².